The van der Waals surface area contributed by atoms with E-state index in [-0.39, 0.29) is 12.0 Å². The molecule has 1 saturated heterocycles. The Kier molecular flexibility index (Phi) is 7.80. The molecule has 5 rings (SSSR count). The molecular weight excluding hydrogens is 490 g/mol. The predicted molar refractivity (Wildman–Crippen MR) is 154 cm³/mol. The Morgan fingerprint density at radius 3 is 2.49 bits per heavy atom. The minimum Gasteiger partial charge on any atom is -0.492 e. The highest BCUT2D eigenvalue weighted by atomic mass is 16.5. The number of aromatic amines is 1. The number of nitrogens with one attached hydrogen (secondary N) is 1. The molecule has 1 aromatic heterocycles. The lowest BCUT2D eigenvalue weighted by molar-refractivity contribution is -0.141. The summed E-state index contributed by atoms with van der Waals surface area (Å²) >= 11 is 0. The van der Waals surface area contributed by atoms with Gasteiger partial charge in [-0.1, -0.05) is 39.0 Å². The van der Waals surface area contributed by atoms with Crippen LogP contribution < -0.4 is 4.74 Å². The third kappa shape index (κ3) is 5.74. The first-order valence-electron chi connectivity index (χ1n) is 14.1. The van der Waals surface area contributed by atoms with E-state index in [9.17, 15) is 9.59 Å². The van der Waals surface area contributed by atoms with Crippen LogP contribution in [0.1, 0.15) is 68.6 Å². The summed E-state index contributed by atoms with van der Waals surface area (Å²) < 4.78 is 11.7. The van der Waals surface area contributed by atoms with Crippen LogP contribution in [0.3, 0.4) is 0 Å². The van der Waals surface area contributed by atoms with Crippen molar-refractivity contribution in [1.82, 2.24) is 14.8 Å². The van der Waals surface area contributed by atoms with Crippen molar-refractivity contribution in [2.24, 2.45) is 0 Å². The third-order valence-corrected chi connectivity index (χ3v) is 7.84. The van der Waals surface area contributed by atoms with E-state index in [0.717, 1.165) is 41.9 Å². The Hall–Kier alpha value is -3.58. The Balaban J connectivity index is 1.42. The van der Waals surface area contributed by atoms with Crippen molar-refractivity contribution in [3.8, 4) is 5.75 Å². The fourth-order valence-electron chi connectivity index (χ4n) is 5.59. The number of ether oxygens (including phenoxy) is 2. The number of carbonyl (C=O) groups excluding carboxylic acids is 2. The summed E-state index contributed by atoms with van der Waals surface area (Å²) in [5.41, 5.74) is 3.16. The number of nitrogens with zero attached hydrogens (tertiary/aromatic N) is 2. The normalized spacial score (nSPS) is 17.8. The van der Waals surface area contributed by atoms with Crippen molar-refractivity contribution < 1.29 is 19.1 Å². The molecule has 3 aromatic rings. The molecule has 7 nitrogen and oxygen atoms in total. The summed E-state index contributed by atoms with van der Waals surface area (Å²) in [6, 6.07) is 15.3. The van der Waals surface area contributed by atoms with Gasteiger partial charge in [-0.2, -0.15) is 0 Å². The molecule has 1 amide bonds. The molecule has 0 radical (unpaired) electrons. The van der Waals surface area contributed by atoms with Gasteiger partial charge in [-0.05, 0) is 75.2 Å². The van der Waals surface area contributed by atoms with Crippen LogP contribution in [-0.2, 0) is 14.9 Å². The van der Waals surface area contributed by atoms with Gasteiger partial charge < -0.3 is 19.4 Å². The second kappa shape index (κ2) is 11.3. The van der Waals surface area contributed by atoms with Crippen LogP contribution in [0.5, 0.6) is 5.75 Å². The van der Waals surface area contributed by atoms with E-state index in [1.807, 2.05) is 44.2 Å². The highest BCUT2D eigenvalue weighted by Crippen LogP contribution is 2.40. The Bertz CT molecular complexity index is 1370. The van der Waals surface area contributed by atoms with E-state index in [0.29, 0.717) is 36.4 Å². The monoisotopic (exact) mass is 529 g/mol. The van der Waals surface area contributed by atoms with E-state index in [1.165, 1.54) is 12.8 Å². The van der Waals surface area contributed by atoms with Crippen molar-refractivity contribution in [3.05, 3.63) is 71.6 Å². The van der Waals surface area contributed by atoms with Gasteiger partial charge in [0.15, 0.2) is 0 Å². The molecule has 1 atom stereocenters. The molecule has 1 fully saturated rings. The first kappa shape index (κ1) is 27.0. The maximum absolute atomic E-state index is 13.8. The smallest absolute Gasteiger partial charge is 0.342 e. The Morgan fingerprint density at radius 1 is 1.05 bits per heavy atom. The fraction of sp³-hybridized carbons (Fsp3) is 0.438. The van der Waals surface area contributed by atoms with Crippen LogP contribution in [0.25, 0.3) is 16.5 Å². The van der Waals surface area contributed by atoms with Gasteiger partial charge in [0.2, 0.25) is 0 Å². The second-order valence-electron chi connectivity index (χ2n) is 11.3. The lowest BCUT2D eigenvalue weighted by Crippen LogP contribution is -2.37. The molecule has 39 heavy (non-hydrogen) atoms. The number of hydrogen-bond donors (Lipinski definition) is 1. The average Bonchev–Trinajstić information content (AvgIpc) is 3.56. The summed E-state index contributed by atoms with van der Waals surface area (Å²) in [6.45, 7) is 12.3. The molecule has 0 bridgehead atoms. The molecule has 0 spiro atoms. The number of hydrogen-bond acceptors (Lipinski definition) is 5. The van der Waals surface area contributed by atoms with Crippen molar-refractivity contribution in [2.75, 3.05) is 32.8 Å². The molecule has 1 N–H and O–H groups in total. The van der Waals surface area contributed by atoms with Crippen molar-refractivity contribution >= 4 is 28.4 Å². The molecule has 3 heterocycles. The minimum absolute atomic E-state index is 0.171. The Labute approximate surface area is 230 Å². The van der Waals surface area contributed by atoms with Crippen LogP contribution in [0, 0.1) is 0 Å². The number of benzene rings is 2. The fourth-order valence-corrected chi connectivity index (χ4v) is 5.59. The summed E-state index contributed by atoms with van der Waals surface area (Å²) in [5.74, 6) is 0.140. The number of fused-ring (bicyclic) bond motifs is 3. The predicted octanol–water partition coefficient (Wildman–Crippen LogP) is 5.76. The molecule has 0 aliphatic carbocycles. The van der Waals surface area contributed by atoms with Gasteiger partial charge in [-0.3, -0.25) is 9.69 Å². The molecule has 1 unspecified atom stereocenters. The number of esters is 1. The number of amides is 1. The molecule has 2 aromatic carbocycles. The summed E-state index contributed by atoms with van der Waals surface area (Å²) in [4.78, 5) is 34.8. The number of carbonyl (C=O) groups is 2. The zero-order valence-corrected chi connectivity index (χ0v) is 23.5. The first-order valence-corrected chi connectivity index (χ1v) is 14.1. The molecule has 206 valence electrons. The van der Waals surface area contributed by atoms with Crippen LogP contribution in [0.2, 0.25) is 0 Å². The van der Waals surface area contributed by atoms with Crippen LogP contribution in [0.15, 0.2) is 54.7 Å². The highest BCUT2D eigenvalue weighted by Gasteiger charge is 2.37. The van der Waals surface area contributed by atoms with Gasteiger partial charge in [0.1, 0.15) is 12.4 Å². The summed E-state index contributed by atoms with van der Waals surface area (Å²) in [5, 5.41) is 1.05. The van der Waals surface area contributed by atoms with E-state index >= 15 is 0 Å². The van der Waals surface area contributed by atoms with E-state index in [2.05, 4.69) is 29.8 Å². The second-order valence-corrected chi connectivity index (χ2v) is 11.3. The van der Waals surface area contributed by atoms with Crippen molar-refractivity contribution in [3.63, 3.8) is 0 Å². The quantitative estimate of drug-likeness (QED) is 0.376. The van der Waals surface area contributed by atoms with Gasteiger partial charge in [0, 0.05) is 41.2 Å². The highest BCUT2D eigenvalue weighted by molar-refractivity contribution is 6.18. The Morgan fingerprint density at radius 2 is 1.77 bits per heavy atom. The van der Waals surface area contributed by atoms with Gasteiger partial charge in [0.05, 0.1) is 17.4 Å². The largest absolute Gasteiger partial charge is 0.492 e. The van der Waals surface area contributed by atoms with Gasteiger partial charge in [-0.15, -0.1) is 0 Å². The SMILES string of the molecule is CCC(C)OC(=O)C1=CN(C(=O)c2ccc(OCCN3CCCC3)cc2)CC(C)(C)c2c1[nH]c1ccccc21. The molecular formula is C32H39N3O4. The topological polar surface area (TPSA) is 74.9 Å². The minimum atomic E-state index is -0.436. The number of aromatic nitrogens is 1. The van der Waals surface area contributed by atoms with Gasteiger partial charge >= 0.3 is 5.97 Å². The summed E-state index contributed by atoms with van der Waals surface area (Å²) in [6.07, 6.45) is 4.66. The van der Waals surface area contributed by atoms with Gasteiger partial charge in [0.25, 0.3) is 5.91 Å². The third-order valence-electron chi connectivity index (χ3n) is 7.84. The van der Waals surface area contributed by atoms with Gasteiger partial charge in [-0.25, -0.2) is 4.79 Å². The number of H-pyrrole nitrogens is 1. The molecule has 2 aliphatic heterocycles. The molecule has 7 heteroatoms. The lowest BCUT2D eigenvalue weighted by Gasteiger charge is -2.29. The average molecular weight is 530 g/mol. The zero-order valence-electron chi connectivity index (χ0n) is 23.5. The number of para-hydroxylation sites is 1. The van der Waals surface area contributed by atoms with Crippen LogP contribution >= 0.6 is 0 Å². The number of rotatable bonds is 8. The van der Waals surface area contributed by atoms with E-state index < -0.39 is 11.4 Å². The lowest BCUT2D eigenvalue weighted by atomic mass is 9.81. The van der Waals surface area contributed by atoms with Crippen molar-refractivity contribution in [2.45, 2.75) is 58.5 Å². The van der Waals surface area contributed by atoms with Crippen LogP contribution in [0.4, 0.5) is 0 Å². The maximum atomic E-state index is 13.8. The standard InChI is InChI=1S/C32H39N3O4/c1-5-22(2)39-31(37)26-20-35(21-32(3,4)28-25-10-6-7-11-27(25)33-29(26)28)30(36)23-12-14-24(15-13-23)38-19-18-34-16-8-9-17-34/h6-7,10-15,20,22,33H,5,8-9,16-19,21H2,1-4H3. The van der Waals surface area contributed by atoms with E-state index in [4.69, 9.17) is 9.47 Å². The molecule has 0 saturated carbocycles. The zero-order chi connectivity index (χ0) is 27.6. The first-order chi connectivity index (χ1) is 18.8. The van der Waals surface area contributed by atoms with E-state index in [1.54, 1.807) is 23.2 Å². The van der Waals surface area contributed by atoms with Crippen molar-refractivity contribution in [1.29, 1.82) is 0 Å². The number of likely N-dealkylation sites (tertiary alicyclic amines) is 1. The van der Waals surface area contributed by atoms with Crippen LogP contribution in [-0.4, -0.2) is 65.6 Å². The molecule has 2 aliphatic rings. The maximum Gasteiger partial charge on any atom is 0.342 e. The summed E-state index contributed by atoms with van der Waals surface area (Å²) in [7, 11) is 0.